The molecule has 0 aromatic carbocycles. The topological polar surface area (TPSA) is 0 Å². The molecule has 0 fully saturated rings. The molecule has 0 saturated carbocycles. The monoisotopic (exact) mass is 203 g/mol. The van der Waals surface area contributed by atoms with Crippen molar-refractivity contribution in [2.24, 2.45) is 0 Å². The van der Waals surface area contributed by atoms with Gasteiger partial charge in [-0.2, -0.15) is 8.78 Å². The highest BCUT2D eigenvalue weighted by Crippen LogP contribution is 2.44. The molecule has 1 unspecified atom stereocenters. The molecule has 0 nitrogen and oxygen atoms in total. The van der Waals surface area contributed by atoms with E-state index in [1.54, 1.807) is 6.92 Å². The van der Waals surface area contributed by atoms with Crippen LogP contribution in [0.2, 0.25) is 0 Å². The predicted molar refractivity (Wildman–Crippen MR) is 39.4 cm³/mol. The summed E-state index contributed by atoms with van der Waals surface area (Å²) < 4.78 is 61.9. The molecule has 0 N–H and O–H groups in total. The number of unbranched alkanes of at least 4 members (excludes halogenated alkanes) is 1. The van der Waals surface area contributed by atoms with Crippen LogP contribution < -0.4 is 0 Å². The highest BCUT2D eigenvalue weighted by Gasteiger charge is 2.58. The van der Waals surface area contributed by atoms with Crippen molar-refractivity contribution < 1.29 is 22.0 Å². The van der Waals surface area contributed by atoms with E-state index in [4.69, 9.17) is 0 Å². The molecule has 1 radical (unpaired) electrons. The SMILES string of the molecule is CCCCC(F)([C](F)F)C(C)(F)F. The summed E-state index contributed by atoms with van der Waals surface area (Å²) in [5.74, 6) is -4.03. The highest BCUT2D eigenvalue weighted by molar-refractivity contribution is 5.02. The van der Waals surface area contributed by atoms with Crippen LogP contribution in [0.15, 0.2) is 0 Å². The van der Waals surface area contributed by atoms with E-state index in [9.17, 15) is 22.0 Å². The molecule has 5 heteroatoms. The van der Waals surface area contributed by atoms with Crippen LogP contribution in [0.1, 0.15) is 33.1 Å². The first-order chi connectivity index (χ1) is 5.75. The highest BCUT2D eigenvalue weighted by atomic mass is 19.3. The first kappa shape index (κ1) is 12.7. The summed E-state index contributed by atoms with van der Waals surface area (Å²) in [6, 6.07) is 0. The summed E-state index contributed by atoms with van der Waals surface area (Å²) in [6.07, 6.45) is -3.27. The summed E-state index contributed by atoms with van der Waals surface area (Å²) in [6.45, 7) is 1.78. The Morgan fingerprint density at radius 2 is 1.62 bits per heavy atom. The van der Waals surface area contributed by atoms with Crippen LogP contribution in [0.5, 0.6) is 0 Å². The average Bonchev–Trinajstić information content (AvgIpc) is 1.97. The summed E-state index contributed by atoms with van der Waals surface area (Å²) in [4.78, 5) is 0. The van der Waals surface area contributed by atoms with Crippen molar-refractivity contribution in [1.29, 1.82) is 0 Å². The fourth-order valence-corrected chi connectivity index (χ4v) is 0.900. The van der Waals surface area contributed by atoms with Gasteiger partial charge in [-0.25, -0.2) is 13.2 Å². The fourth-order valence-electron chi connectivity index (χ4n) is 0.900. The van der Waals surface area contributed by atoms with E-state index in [1.807, 2.05) is 0 Å². The van der Waals surface area contributed by atoms with Crippen LogP contribution in [0, 0.1) is 6.43 Å². The minimum atomic E-state index is -4.03. The Kier molecular flexibility index (Phi) is 4.13. The summed E-state index contributed by atoms with van der Waals surface area (Å²) in [7, 11) is 0. The summed E-state index contributed by atoms with van der Waals surface area (Å²) in [5.41, 5.74) is -3.76. The van der Waals surface area contributed by atoms with Crippen molar-refractivity contribution in [3.8, 4) is 0 Å². The van der Waals surface area contributed by atoms with Gasteiger partial charge < -0.3 is 0 Å². The number of hydrogen-bond donors (Lipinski definition) is 0. The minimum absolute atomic E-state index is 0.0112. The third-order valence-corrected chi connectivity index (χ3v) is 1.87. The summed E-state index contributed by atoms with van der Waals surface area (Å²) in [5, 5.41) is 0. The molecule has 0 aromatic heterocycles. The van der Waals surface area contributed by atoms with E-state index in [0.29, 0.717) is 6.42 Å². The van der Waals surface area contributed by atoms with Crippen LogP contribution in [-0.4, -0.2) is 11.6 Å². The second-order valence-corrected chi connectivity index (χ2v) is 3.05. The Morgan fingerprint density at radius 1 is 1.15 bits per heavy atom. The lowest BCUT2D eigenvalue weighted by Crippen LogP contribution is -2.44. The van der Waals surface area contributed by atoms with Crippen molar-refractivity contribution in [2.75, 3.05) is 0 Å². The normalized spacial score (nSPS) is 17.5. The molecular formula is C8H12F5. The molecule has 0 heterocycles. The van der Waals surface area contributed by atoms with Crippen molar-refractivity contribution in [3.63, 3.8) is 0 Å². The van der Waals surface area contributed by atoms with Crippen LogP contribution in [0.3, 0.4) is 0 Å². The zero-order valence-electron chi connectivity index (χ0n) is 7.51. The van der Waals surface area contributed by atoms with Crippen LogP contribution in [-0.2, 0) is 0 Å². The maximum Gasteiger partial charge on any atom is 0.352 e. The lowest BCUT2D eigenvalue weighted by Gasteiger charge is -2.28. The molecule has 1 atom stereocenters. The van der Waals surface area contributed by atoms with Gasteiger partial charge in [0.1, 0.15) is 0 Å². The maximum absolute atomic E-state index is 13.1. The molecule has 79 valence electrons. The zero-order chi connectivity index (χ0) is 10.7. The third kappa shape index (κ3) is 2.81. The molecule has 0 amide bonds. The number of hydrogen-bond acceptors (Lipinski definition) is 0. The first-order valence-electron chi connectivity index (χ1n) is 4.01. The Hall–Kier alpha value is -0.350. The third-order valence-electron chi connectivity index (χ3n) is 1.87. The van der Waals surface area contributed by atoms with Crippen LogP contribution >= 0.6 is 0 Å². The first-order valence-corrected chi connectivity index (χ1v) is 4.01. The van der Waals surface area contributed by atoms with Gasteiger partial charge in [0, 0.05) is 6.92 Å². The van der Waals surface area contributed by atoms with E-state index in [0.717, 1.165) is 0 Å². The van der Waals surface area contributed by atoms with Gasteiger partial charge in [-0.05, 0) is 6.42 Å². The van der Waals surface area contributed by atoms with Crippen molar-refractivity contribution in [1.82, 2.24) is 0 Å². The molecule has 0 spiro atoms. The van der Waals surface area contributed by atoms with Gasteiger partial charge in [-0.3, -0.25) is 0 Å². The van der Waals surface area contributed by atoms with E-state index >= 15 is 0 Å². The van der Waals surface area contributed by atoms with Gasteiger partial charge in [0.2, 0.25) is 5.67 Å². The molecule has 0 saturated heterocycles. The quantitative estimate of drug-likeness (QED) is 0.593. The molecule has 0 aliphatic rings. The molecule has 0 rings (SSSR count). The van der Waals surface area contributed by atoms with Crippen molar-refractivity contribution in [2.45, 2.75) is 44.7 Å². The molecule has 13 heavy (non-hydrogen) atoms. The Bertz CT molecular complexity index is 151. The molecule has 0 aromatic rings. The summed E-state index contributed by atoms with van der Waals surface area (Å²) >= 11 is 0. The molecule has 0 aliphatic carbocycles. The molecule has 0 bridgehead atoms. The van der Waals surface area contributed by atoms with Crippen molar-refractivity contribution >= 4 is 0 Å². The van der Waals surface area contributed by atoms with Crippen LogP contribution in [0.4, 0.5) is 22.0 Å². The largest absolute Gasteiger partial charge is 0.352 e. The number of rotatable bonds is 5. The van der Waals surface area contributed by atoms with E-state index in [2.05, 4.69) is 0 Å². The van der Waals surface area contributed by atoms with Gasteiger partial charge >= 0.3 is 6.43 Å². The number of alkyl halides is 3. The fraction of sp³-hybridized carbons (Fsp3) is 0.875. The van der Waals surface area contributed by atoms with E-state index < -0.39 is 24.4 Å². The standard InChI is InChI=1S/C8H12F5/c1-3-4-5-8(13,6(9)10)7(2,11)12/h3-5H2,1-2H3. The Balaban J connectivity index is 4.54. The Morgan fingerprint density at radius 3 is 1.85 bits per heavy atom. The predicted octanol–water partition coefficient (Wildman–Crippen LogP) is 3.97. The second-order valence-electron chi connectivity index (χ2n) is 3.05. The van der Waals surface area contributed by atoms with E-state index in [1.165, 1.54) is 0 Å². The van der Waals surface area contributed by atoms with Gasteiger partial charge in [-0.15, -0.1) is 0 Å². The smallest absolute Gasteiger partial charge is 0.230 e. The Labute approximate surface area is 74.1 Å². The van der Waals surface area contributed by atoms with Gasteiger partial charge in [0.05, 0.1) is 0 Å². The van der Waals surface area contributed by atoms with E-state index in [-0.39, 0.29) is 13.3 Å². The average molecular weight is 203 g/mol. The van der Waals surface area contributed by atoms with Crippen LogP contribution in [0.25, 0.3) is 0 Å². The lowest BCUT2D eigenvalue weighted by molar-refractivity contribution is -0.152. The zero-order valence-corrected chi connectivity index (χ0v) is 7.51. The number of halogens is 5. The second kappa shape index (κ2) is 4.24. The molecule has 0 aliphatic heterocycles. The maximum atomic E-state index is 13.1. The molecular weight excluding hydrogens is 191 g/mol. The lowest BCUT2D eigenvalue weighted by atomic mass is 9.93. The van der Waals surface area contributed by atoms with Gasteiger partial charge in [0.15, 0.2) is 0 Å². The van der Waals surface area contributed by atoms with Gasteiger partial charge in [-0.1, -0.05) is 19.8 Å². The van der Waals surface area contributed by atoms with Gasteiger partial charge in [0.25, 0.3) is 5.92 Å². The minimum Gasteiger partial charge on any atom is -0.230 e. The van der Waals surface area contributed by atoms with Crippen molar-refractivity contribution in [3.05, 3.63) is 6.43 Å².